The lowest BCUT2D eigenvalue weighted by molar-refractivity contribution is -0.132. The van der Waals surface area contributed by atoms with Crippen LogP contribution in [0.15, 0.2) is 60.2 Å². The van der Waals surface area contributed by atoms with E-state index in [1.54, 1.807) is 30.3 Å². The Morgan fingerprint density at radius 3 is 2.20 bits per heavy atom. The molecule has 0 saturated carbocycles. The average Bonchev–Trinajstić information content (AvgIpc) is 3.09. The number of ketones is 1. The Morgan fingerprint density at radius 1 is 0.943 bits per heavy atom. The number of rotatable bonds is 5. The van der Waals surface area contributed by atoms with Crippen molar-refractivity contribution in [3.8, 4) is 17.2 Å². The highest BCUT2D eigenvalue weighted by atomic mass is 35.5. The van der Waals surface area contributed by atoms with Crippen LogP contribution in [0.4, 0.5) is 5.69 Å². The van der Waals surface area contributed by atoms with E-state index in [2.05, 4.69) is 0 Å². The van der Waals surface area contributed by atoms with Gasteiger partial charge in [0.25, 0.3) is 11.7 Å². The van der Waals surface area contributed by atoms with Crippen LogP contribution in [0.25, 0.3) is 5.76 Å². The molecule has 1 aliphatic heterocycles. The molecule has 1 heterocycles. The number of carbonyl (C=O) groups is 2. The number of aromatic hydroxyl groups is 1. The van der Waals surface area contributed by atoms with Crippen LogP contribution >= 0.6 is 34.8 Å². The fourth-order valence-electron chi connectivity index (χ4n) is 3.99. The minimum atomic E-state index is -1.06. The summed E-state index contributed by atoms with van der Waals surface area (Å²) in [6.45, 7) is 0. The zero-order chi connectivity index (χ0) is 25.4. The molecule has 10 heteroatoms. The van der Waals surface area contributed by atoms with E-state index in [-0.39, 0.29) is 38.4 Å². The Balaban J connectivity index is 2.02. The molecule has 0 aliphatic carbocycles. The van der Waals surface area contributed by atoms with Gasteiger partial charge in [0.1, 0.15) is 16.5 Å². The fourth-order valence-corrected chi connectivity index (χ4v) is 4.86. The van der Waals surface area contributed by atoms with E-state index in [0.29, 0.717) is 16.3 Å². The van der Waals surface area contributed by atoms with Gasteiger partial charge in [0.15, 0.2) is 11.5 Å². The van der Waals surface area contributed by atoms with Crippen molar-refractivity contribution >= 4 is 57.9 Å². The Hall–Kier alpha value is -3.39. The number of aliphatic hydroxyl groups excluding tert-OH is 1. The van der Waals surface area contributed by atoms with Crippen LogP contribution in [-0.4, -0.2) is 36.1 Å². The van der Waals surface area contributed by atoms with Gasteiger partial charge in [0.05, 0.1) is 36.4 Å². The second-order valence-electron chi connectivity index (χ2n) is 7.53. The van der Waals surface area contributed by atoms with Gasteiger partial charge in [-0.15, -0.1) is 0 Å². The van der Waals surface area contributed by atoms with E-state index < -0.39 is 23.5 Å². The maximum absolute atomic E-state index is 13.3. The Morgan fingerprint density at radius 2 is 1.60 bits per heavy atom. The first kappa shape index (κ1) is 24.7. The topological polar surface area (TPSA) is 96.3 Å². The molecule has 1 unspecified atom stereocenters. The van der Waals surface area contributed by atoms with Gasteiger partial charge in [-0.25, -0.2) is 0 Å². The van der Waals surface area contributed by atoms with Crippen LogP contribution in [0, 0.1) is 0 Å². The van der Waals surface area contributed by atoms with Crippen molar-refractivity contribution in [3.05, 3.63) is 86.4 Å². The molecule has 35 heavy (non-hydrogen) atoms. The number of methoxy groups -OCH3 is 2. The van der Waals surface area contributed by atoms with Gasteiger partial charge in [-0.3, -0.25) is 14.5 Å². The normalized spacial score (nSPS) is 17.1. The predicted octanol–water partition coefficient (Wildman–Crippen LogP) is 6.00. The summed E-state index contributed by atoms with van der Waals surface area (Å²) in [6, 6.07) is 12.6. The number of ether oxygens (including phenoxy) is 2. The molecule has 1 atom stereocenters. The summed E-state index contributed by atoms with van der Waals surface area (Å²) >= 11 is 18.8. The third kappa shape index (κ3) is 4.27. The lowest BCUT2D eigenvalue weighted by atomic mass is 9.94. The van der Waals surface area contributed by atoms with Gasteiger partial charge in [-0.2, -0.15) is 0 Å². The molecule has 4 rings (SSSR count). The van der Waals surface area contributed by atoms with Gasteiger partial charge < -0.3 is 19.7 Å². The van der Waals surface area contributed by atoms with Crippen LogP contribution in [0.5, 0.6) is 17.2 Å². The molecule has 1 amide bonds. The summed E-state index contributed by atoms with van der Waals surface area (Å²) in [6.07, 6.45) is 0. The van der Waals surface area contributed by atoms with Crippen LogP contribution < -0.4 is 14.4 Å². The number of carbonyl (C=O) groups excluding carboxylic acids is 2. The van der Waals surface area contributed by atoms with Crippen LogP contribution in [0.3, 0.4) is 0 Å². The lowest BCUT2D eigenvalue weighted by Crippen LogP contribution is -2.29. The van der Waals surface area contributed by atoms with E-state index >= 15 is 0 Å². The van der Waals surface area contributed by atoms with Crippen molar-refractivity contribution in [1.29, 1.82) is 0 Å². The van der Waals surface area contributed by atoms with Crippen molar-refractivity contribution in [2.24, 2.45) is 0 Å². The number of benzene rings is 3. The second kappa shape index (κ2) is 9.70. The number of hydrogen-bond acceptors (Lipinski definition) is 6. The molecule has 0 bridgehead atoms. The van der Waals surface area contributed by atoms with E-state index in [9.17, 15) is 19.8 Å². The molecule has 3 aromatic rings. The quantitative estimate of drug-likeness (QED) is 0.237. The van der Waals surface area contributed by atoms with Crippen molar-refractivity contribution < 1.29 is 29.3 Å². The molecule has 2 N–H and O–H groups in total. The van der Waals surface area contributed by atoms with E-state index in [1.807, 2.05) is 0 Å². The van der Waals surface area contributed by atoms with Crippen molar-refractivity contribution in [1.82, 2.24) is 0 Å². The standard InChI is InChI=1S/C25H18Cl3NO6/c1-34-23-16(11-17(27)24(35-2)19(23)28)21(31)18-20(12-6-8-15(30)9-7-12)29(25(33)22(18)32)14-5-3-4-13(26)10-14/h3-11,20,30-31H,1-2H3/b21-18+. The second-order valence-corrected chi connectivity index (χ2v) is 8.75. The number of anilines is 1. The SMILES string of the molecule is COc1c(Cl)cc(/C(O)=C2\C(=O)C(=O)N(c3cccc(Cl)c3)C2c2ccc(O)cc2)c(OC)c1Cl. The molecule has 3 aromatic carbocycles. The fraction of sp³-hybridized carbons (Fsp3) is 0.120. The highest BCUT2D eigenvalue weighted by Crippen LogP contribution is 2.48. The van der Waals surface area contributed by atoms with Gasteiger partial charge >= 0.3 is 0 Å². The molecular weight excluding hydrogens is 517 g/mol. The number of phenols is 1. The minimum Gasteiger partial charge on any atom is -0.508 e. The molecule has 1 aliphatic rings. The Kier molecular flexibility index (Phi) is 6.85. The first-order valence-corrected chi connectivity index (χ1v) is 11.3. The number of nitrogens with zero attached hydrogens (tertiary/aromatic N) is 1. The highest BCUT2D eigenvalue weighted by Gasteiger charge is 2.47. The largest absolute Gasteiger partial charge is 0.508 e. The maximum atomic E-state index is 13.3. The monoisotopic (exact) mass is 533 g/mol. The summed E-state index contributed by atoms with van der Waals surface area (Å²) < 4.78 is 10.6. The van der Waals surface area contributed by atoms with Gasteiger partial charge in [-0.1, -0.05) is 53.0 Å². The maximum Gasteiger partial charge on any atom is 0.300 e. The first-order valence-electron chi connectivity index (χ1n) is 10.2. The number of halogens is 3. The van der Waals surface area contributed by atoms with Crippen LogP contribution in [0.2, 0.25) is 15.1 Å². The smallest absolute Gasteiger partial charge is 0.300 e. The molecule has 0 radical (unpaired) electrons. The third-order valence-electron chi connectivity index (χ3n) is 5.53. The van der Waals surface area contributed by atoms with Gasteiger partial charge in [0.2, 0.25) is 0 Å². The van der Waals surface area contributed by atoms with Gasteiger partial charge in [-0.05, 0) is 42.0 Å². The zero-order valence-electron chi connectivity index (χ0n) is 18.4. The summed E-state index contributed by atoms with van der Waals surface area (Å²) in [5.41, 5.74) is 0.565. The third-order valence-corrected chi connectivity index (χ3v) is 6.39. The molecule has 1 saturated heterocycles. The predicted molar refractivity (Wildman–Crippen MR) is 134 cm³/mol. The van der Waals surface area contributed by atoms with E-state index in [1.165, 1.54) is 43.4 Å². The molecular formula is C25H18Cl3NO6. The minimum absolute atomic E-state index is 0.00354. The summed E-state index contributed by atoms with van der Waals surface area (Å²) in [5, 5.41) is 21.6. The molecule has 1 fully saturated rings. The number of amides is 1. The van der Waals surface area contributed by atoms with Crippen LogP contribution in [0.1, 0.15) is 17.2 Å². The lowest BCUT2D eigenvalue weighted by Gasteiger charge is -2.26. The molecule has 180 valence electrons. The molecule has 0 aromatic heterocycles. The van der Waals surface area contributed by atoms with Crippen LogP contribution in [-0.2, 0) is 9.59 Å². The van der Waals surface area contributed by atoms with E-state index in [0.717, 1.165) is 0 Å². The summed E-state index contributed by atoms with van der Waals surface area (Å²) in [7, 11) is 2.70. The van der Waals surface area contributed by atoms with Gasteiger partial charge in [0, 0.05) is 10.7 Å². The van der Waals surface area contributed by atoms with E-state index in [4.69, 9.17) is 44.3 Å². The zero-order valence-corrected chi connectivity index (χ0v) is 20.6. The van der Waals surface area contributed by atoms with Crippen molar-refractivity contribution in [2.75, 3.05) is 19.1 Å². The molecule has 7 nitrogen and oxygen atoms in total. The first-order chi connectivity index (χ1) is 16.7. The Labute approximate surface area is 215 Å². The number of aliphatic hydroxyl groups is 1. The Bertz CT molecular complexity index is 1370. The van der Waals surface area contributed by atoms with Crippen molar-refractivity contribution in [3.63, 3.8) is 0 Å². The van der Waals surface area contributed by atoms with Crippen molar-refractivity contribution in [2.45, 2.75) is 6.04 Å². The highest BCUT2D eigenvalue weighted by molar-refractivity contribution is 6.52. The number of phenolic OH excluding ortho intramolecular Hbond substituents is 1. The number of hydrogen-bond donors (Lipinski definition) is 2. The summed E-state index contributed by atoms with van der Waals surface area (Å²) in [4.78, 5) is 27.8. The average molecular weight is 535 g/mol. The summed E-state index contributed by atoms with van der Waals surface area (Å²) in [5.74, 6) is -2.25. The molecule has 0 spiro atoms. The number of Topliss-reactive ketones (excluding diaryl/α,β-unsaturated/α-hetero) is 1.